The van der Waals surface area contributed by atoms with Crippen molar-refractivity contribution in [2.45, 2.75) is 39.3 Å². The Morgan fingerprint density at radius 3 is 2.66 bits per heavy atom. The highest BCUT2D eigenvalue weighted by atomic mass is 35.5. The average Bonchev–Trinajstić information content (AvgIpc) is 3.13. The second-order valence-corrected chi connectivity index (χ2v) is 8.57. The normalized spacial score (nSPS) is 18.1. The summed E-state index contributed by atoms with van der Waals surface area (Å²) in [5.74, 6) is -1.42. The van der Waals surface area contributed by atoms with Crippen molar-refractivity contribution in [3.8, 4) is 0 Å². The highest BCUT2D eigenvalue weighted by molar-refractivity contribution is 6.30. The van der Waals surface area contributed by atoms with Gasteiger partial charge in [-0.2, -0.15) is 13.2 Å². The second kappa shape index (κ2) is 8.24. The maximum atomic E-state index is 13.4. The number of nitrogens with one attached hydrogen (secondary N) is 1. The molecule has 1 atom stereocenters. The van der Waals surface area contributed by atoms with Crippen molar-refractivity contribution in [3.63, 3.8) is 0 Å². The number of halogens is 4. The third-order valence-corrected chi connectivity index (χ3v) is 6.14. The number of hydrogen-bond donors (Lipinski definition) is 1. The van der Waals surface area contributed by atoms with Gasteiger partial charge in [-0.3, -0.25) is 14.6 Å². The van der Waals surface area contributed by atoms with Crippen LogP contribution >= 0.6 is 11.6 Å². The zero-order valence-electron chi connectivity index (χ0n) is 17.5. The van der Waals surface area contributed by atoms with Crippen LogP contribution in [0.3, 0.4) is 0 Å². The summed E-state index contributed by atoms with van der Waals surface area (Å²) < 4.78 is 40.2. The Bertz CT molecular complexity index is 1140. The fourth-order valence-corrected chi connectivity index (χ4v) is 4.31. The number of rotatable bonds is 3. The lowest BCUT2D eigenvalue weighted by Crippen LogP contribution is -2.42. The Kier molecular flexibility index (Phi) is 5.75. The molecule has 2 aliphatic rings. The Hall–Kier alpha value is -2.87. The Morgan fingerprint density at radius 2 is 1.94 bits per heavy atom. The third-order valence-electron chi connectivity index (χ3n) is 5.90. The molecule has 0 bridgehead atoms. The maximum absolute atomic E-state index is 13.4. The van der Waals surface area contributed by atoms with Gasteiger partial charge >= 0.3 is 6.18 Å². The minimum absolute atomic E-state index is 0.0938. The lowest BCUT2D eigenvalue weighted by atomic mass is 10.0. The Balaban J connectivity index is 1.67. The summed E-state index contributed by atoms with van der Waals surface area (Å²) >= 11 is 5.71. The molecule has 1 unspecified atom stereocenters. The number of carbonyl (C=O) groups is 2. The van der Waals surface area contributed by atoms with E-state index in [1.54, 1.807) is 6.07 Å². The number of benzene rings is 2. The number of carbonyl (C=O) groups excluding carboxylic acids is 2. The summed E-state index contributed by atoms with van der Waals surface area (Å²) in [6.45, 7) is 3.40. The number of amides is 2. The molecule has 168 valence electrons. The Labute approximate surface area is 188 Å². The van der Waals surface area contributed by atoms with Crippen LogP contribution in [-0.2, 0) is 15.8 Å². The molecule has 1 N–H and O–H groups in total. The largest absolute Gasteiger partial charge is 0.418 e. The highest BCUT2D eigenvalue weighted by Crippen LogP contribution is 2.40. The van der Waals surface area contributed by atoms with Gasteiger partial charge in [0.25, 0.3) is 0 Å². The number of nitrogens with zero attached hydrogens (tertiary/aromatic N) is 2. The standard InChI is InChI=1S/C23H21ClF3N3O2/c1-12-8-19-20(9-13(12)2)30(22(32)15-4-3-5-17(15)28-19)11-21(31)29-18-7-6-14(24)10-16(18)23(25,26)27/h6-10,15H,3-5,11H2,1-2H3,(H,29,31). The zero-order valence-corrected chi connectivity index (χ0v) is 18.3. The van der Waals surface area contributed by atoms with Crippen molar-refractivity contribution >= 4 is 46.2 Å². The average molecular weight is 464 g/mol. The molecule has 0 saturated heterocycles. The van der Waals surface area contributed by atoms with Gasteiger partial charge in [0.15, 0.2) is 0 Å². The van der Waals surface area contributed by atoms with E-state index in [-0.39, 0.29) is 10.9 Å². The smallest absolute Gasteiger partial charge is 0.324 e. The van der Waals surface area contributed by atoms with Crippen molar-refractivity contribution < 1.29 is 22.8 Å². The predicted octanol–water partition coefficient (Wildman–Crippen LogP) is 5.83. The molecule has 2 amide bonds. The molecular formula is C23H21ClF3N3O2. The first-order chi connectivity index (χ1) is 15.0. The van der Waals surface area contributed by atoms with Crippen molar-refractivity contribution in [2.75, 3.05) is 16.8 Å². The van der Waals surface area contributed by atoms with Crippen LogP contribution < -0.4 is 10.2 Å². The van der Waals surface area contributed by atoms with Crippen molar-refractivity contribution in [2.24, 2.45) is 10.9 Å². The van der Waals surface area contributed by atoms with Gasteiger partial charge in [-0.15, -0.1) is 0 Å². The van der Waals surface area contributed by atoms with E-state index in [1.165, 1.54) is 11.0 Å². The molecule has 1 heterocycles. The number of aliphatic imine (C=N–C) groups is 1. The first kappa shape index (κ1) is 22.3. The van der Waals surface area contributed by atoms with Crippen LogP contribution in [0.4, 0.5) is 30.2 Å². The molecular weight excluding hydrogens is 443 g/mol. The second-order valence-electron chi connectivity index (χ2n) is 8.13. The molecule has 0 aromatic heterocycles. The molecule has 1 aliphatic heterocycles. The van der Waals surface area contributed by atoms with Crippen LogP contribution in [0.15, 0.2) is 35.3 Å². The molecule has 0 spiro atoms. The maximum Gasteiger partial charge on any atom is 0.418 e. The van der Waals surface area contributed by atoms with Gasteiger partial charge in [-0.25, -0.2) is 0 Å². The fourth-order valence-electron chi connectivity index (χ4n) is 4.14. The van der Waals surface area contributed by atoms with E-state index in [1.807, 2.05) is 19.9 Å². The summed E-state index contributed by atoms with van der Waals surface area (Å²) in [6, 6.07) is 6.80. The van der Waals surface area contributed by atoms with Crippen LogP contribution in [0.5, 0.6) is 0 Å². The summed E-state index contributed by atoms with van der Waals surface area (Å²) in [5.41, 5.74) is 2.34. The topological polar surface area (TPSA) is 61.8 Å². The van der Waals surface area contributed by atoms with E-state index in [0.717, 1.165) is 35.4 Å². The Morgan fingerprint density at radius 1 is 1.22 bits per heavy atom. The molecule has 1 aliphatic carbocycles. The van der Waals surface area contributed by atoms with Gasteiger partial charge in [0, 0.05) is 10.7 Å². The number of fused-ring (bicyclic) bond motifs is 2. The van der Waals surface area contributed by atoms with E-state index in [0.29, 0.717) is 24.2 Å². The van der Waals surface area contributed by atoms with Crippen LogP contribution in [0.2, 0.25) is 5.02 Å². The molecule has 1 fully saturated rings. The first-order valence-corrected chi connectivity index (χ1v) is 10.6. The molecule has 2 aromatic rings. The van der Waals surface area contributed by atoms with Gasteiger partial charge in [-0.1, -0.05) is 11.6 Å². The van der Waals surface area contributed by atoms with Gasteiger partial charge in [0.05, 0.1) is 28.5 Å². The van der Waals surface area contributed by atoms with Gasteiger partial charge in [-0.05, 0) is 74.6 Å². The number of anilines is 2. The summed E-state index contributed by atoms with van der Waals surface area (Å²) in [4.78, 5) is 32.2. The highest BCUT2D eigenvalue weighted by Gasteiger charge is 2.38. The summed E-state index contributed by atoms with van der Waals surface area (Å²) in [5, 5.41) is 2.21. The number of alkyl halides is 3. The van der Waals surface area contributed by atoms with Crippen LogP contribution in [0.1, 0.15) is 36.0 Å². The molecule has 0 radical (unpaired) electrons. The van der Waals surface area contributed by atoms with Crippen molar-refractivity contribution in [1.82, 2.24) is 0 Å². The zero-order chi connectivity index (χ0) is 23.2. The SMILES string of the molecule is Cc1cc2c(cc1C)N(CC(=O)Nc1ccc(Cl)cc1C(F)(F)F)C(=O)C1CCCC1=N2. The third kappa shape index (κ3) is 4.24. The lowest BCUT2D eigenvalue weighted by molar-refractivity contribution is -0.137. The van der Waals surface area contributed by atoms with Gasteiger partial charge in [0.2, 0.25) is 11.8 Å². The van der Waals surface area contributed by atoms with Gasteiger partial charge in [0.1, 0.15) is 6.54 Å². The molecule has 1 saturated carbocycles. The fraction of sp³-hybridized carbons (Fsp3) is 0.348. The number of aryl methyl sites for hydroxylation is 2. The minimum atomic E-state index is -4.69. The summed E-state index contributed by atoms with van der Waals surface area (Å²) in [7, 11) is 0. The van der Waals surface area contributed by atoms with Gasteiger partial charge < -0.3 is 10.2 Å². The molecule has 9 heteroatoms. The van der Waals surface area contributed by atoms with Crippen LogP contribution in [0, 0.1) is 19.8 Å². The lowest BCUT2D eigenvalue weighted by Gasteiger charge is -2.25. The van der Waals surface area contributed by atoms with Crippen LogP contribution in [0.25, 0.3) is 0 Å². The van der Waals surface area contributed by atoms with Crippen molar-refractivity contribution in [3.05, 3.63) is 52.0 Å². The van der Waals surface area contributed by atoms with E-state index >= 15 is 0 Å². The van der Waals surface area contributed by atoms with Crippen LogP contribution in [-0.4, -0.2) is 24.1 Å². The molecule has 2 aromatic carbocycles. The van der Waals surface area contributed by atoms with E-state index in [4.69, 9.17) is 16.6 Å². The minimum Gasteiger partial charge on any atom is -0.324 e. The van der Waals surface area contributed by atoms with E-state index in [9.17, 15) is 22.8 Å². The summed E-state index contributed by atoms with van der Waals surface area (Å²) in [6.07, 6.45) is -2.52. The first-order valence-electron chi connectivity index (χ1n) is 10.2. The monoisotopic (exact) mass is 463 g/mol. The van der Waals surface area contributed by atoms with E-state index in [2.05, 4.69) is 5.32 Å². The predicted molar refractivity (Wildman–Crippen MR) is 118 cm³/mol. The molecule has 5 nitrogen and oxygen atoms in total. The van der Waals surface area contributed by atoms with Crippen molar-refractivity contribution in [1.29, 1.82) is 0 Å². The molecule has 32 heavy (non-hydrogen) atoms. The molecule has 4 rings (SSSR count). The quantitative estimate of drug-likeness (QED) is 0.622. The van der Waals surface area contributed by atoms with E-state index < -0.39 is 35.8 Å². The number of hydrogen-bond acceptors (Lipinski definition) is 3.